The van der Waals surface area contributed by atoms with Crippen LogP contribution in [0.3, 0.4) is 0 Å². The van der Waals surface area contributed by atoms with E-state index in [-0.39, 0.29) is 18.3 Å². The summed E-state index contributed by atoms with van der Waals surface area (Å²) in [4.78, 5) is 12.4. The molecule has 1 aliphatic rings. The van der Waals surface area contributed by atoms with Gasteiger partial charge in [0.1, 0.15) is 0 Å². The van der Waals surface area contributed by atoms with Crippen LogP contribution >= 0.6 is 34.2 Å². The van der Waals surface area contributed by atoms with Crippen LogP contribution in [0.25, 0.3) is 10.8 Å². The lowest BCUT2D eigenvalue weighted by atomic mass is 9.96. The van der Waals surface area contributed by atoms with Gasteiger partial charge in [0.2, 0.25) is 0 Å². The zero-order valence-electron chi connectivity index (χ0n) is 11.1. The zero-order valence-corrected chi connectivity index (χ0v) is 14.0. The summed E-state index contributed by atoms with van der Waals surface area (Å²) in [6.45, 7) is -0.0399. The normalized spacial score (nSPS) is 17.9. The van der Waals surface area contributed by atoms with Crippen LogP contribution in [0.5, 0.6) is 0 Å². The summed E-state index contributed by atoms with van der Waals surface area (Å²) >= 11 is 8.12. The molecule has 0 aliphatic carbocycles. The van der Waals surface area contributed by atoms with Crippen molar-refractivity contribution in [3.8, 4) is 0 Å². The topological polar surface area (TPSA) is 20.3 Å². The van der Waals surface area contributed by atoms with Crippen molar-refractivity contribution in [2.75, 3.05) is 17.3 Å². The quantitative estimate of drug-likeness (QED) is 0.467. The molecule has 0 saturated heterocycles. The van der Waals surface area contributed by atoms with Crippen molar-refractivity contribution >= 4 is 56.6 Å². The molecule has 0 N–H and O–H groups in total. The predicted molar refractivity (Wildman–Crippen MR) is 88.5 cm³/mol. The maximum absolute atomic E-state index is 12.8. The van der Waals surface area contributed by atoms with Crippen molar-refractivity contribution in [2.45, 2.75) is 12.1 Å². The number of alkyl halides is 4. The molecule has 1 amide bonds. The van der Waals surface area contributed by atoms with E-state index in [1.165, 1.54) is 0 Å². The van der Waals surface area contributed by atoms with Crippen LogP contribution in [0, 0.1) is 3.57 Å². The van der Waals surface area contributed by atoms with Gasteiger partial charge >= 0.3 is 12.1 Å². The first-order valence-corrected chi connectivity index (χ1v) is 8.11. The fourth-order valence-corrected chi connectivity index (χ4v) is 3.81. The van der Waals surface area contributed by atoms with Gasteiger partial charge in [0, 0.05) is 27.6 Å². The number of carbonyl (C=O) groups excluding carboxylic acids is 1. The van der Waals surface area contributed by atoms with Gasteiger partial charge in [0.25, 0.3) is 0 Å². The van der Waals surface area contributed by atoms with Gasteiger partial charge in [0.05, 0.1) is 0 Å². The van der Waals surface area contributed by atoms with E-state index in [9.17, 15) is 18.0 Å². The van der Waals surface area contributed by atoms with E-state index >= 15 is 0 Å². The first-order chi connectivity index (χ1) is 10.3. The summed E-state index contributed by atoms with van der Waals surface area (Å²) in [5.41, 5.74) is 1.03. The van der Waals surface area contributed by atoms with Crippen molar-refractivity contribution in [1.82, 2.24) is 0 Å². The van der Waals surface area contributed by atoms with Crippen molar-refractivity contribution in [3.05, 3.63) is 39.5 Å². The molecule has 1 atom stereocenters. The van der Waals surface area contributed by atoms with E-state index in [4.69, 9.17) is 11.6 Å². The van der Waals surface area contributed by atoms with E-state index in [1.807, 2.05) is 18.2 Å². The highest BCUT2D eigenvalue weighted by molar-refractivity contribution is 14.1. The SMILES string of the molecule is O=C(N1CC(CCl)c2c1ccc1c(I)cccc21)C(F)(F)F. The van der Waals surface area contributed by atoms with Gasteiger partial charge < -0.3 is 4.90 Å². The monoisotopic (exact) mass is 439 g/mol. The zero-order chi connectivity index (χ0) is 16.1. The Hall–Kier alpha value is -1.02. The minimum Gasteiger partial charge on any atom is -0.304 e. The number of fused-ring (bicyclic) bond motifs is 3. The van der Waals surface area contributed by atoms with Gasteiger partial charge in [-0.05, 0) is 51.1 Å². The summed E-state index contributed by atoms with van der Waals surface area (Å²) in [5.74, 6) is -1.98. The third kappa shape index (κ3) is 2.46. The van der Waals surface area contributed by atoms with Crippen LogP contribution in [0.2, 0.25) is 0 Å². The second-order valence-corrected chi connectivity index (χ2v) is 6.57. The molecule has 0 bridgehead atoms. The van der Waals surface area contributed by atoms with Gasteiger partial charge in [-0.2, -0.15) is 13.2 Å². The molecule has 2 aromatic rings. The highest BCUT2D eigenvalue weighted by Crippen LogP contribution is 2.43. The molecule has 2 aromatic carbocycles. The van der Waals surface area contributed by atoms with Crippen LogP contribution in [0.15, 0.2) is 30.3 Å². The third-order valence-corrected chi connectivity index (χ3v) is 5.12. The molecule has 0 fully saturated rings. The highest BCUT2D eigenvalue weighted by atomic mass is 127. The highest BCUT2D eigenvalue weighted by Gasteiger charge is 2.46. The number of rotatable bonds is 1. The summed E-state index contributed by atoms with van der Waals surface area (Å²) in [6.07, 6.45) is -4.89. The van der Waals surface area contributed by atoms with Crippen LogP contribution in [-0.2, 0) is 4.79 Å². The van der Waals surface area contributed by atoms with Crippen LogP contribution in [-0.4, -0.2) is 24.5 Å². The Balaban J connectivity index is 2.22. The number of amides is 1. The maximum Gasteiger partial charge on any atom is 0.471 e. The van der Waals surface area contributed by atoms with Gasteiger partial charge in [-0.15, -0.1) is 11.6 Å². The summed E-state index contributed by atoms with van der Waals surface area (Å²) in [5, 5.41) is 1.81. The predicted octanol–water partition coefficient (Wildman–Crippen LogP) is 4.68. The second kappa shape index (κ2) is 5.56. The number of halogens is 5. The largest absolute Gasteiger partial charge is 0.471 e. The number of benzene rings is 2. The number of nitrogens with zero attached hydrogens (tertiary/aromatic N) is 1. The van der Waals surface area contributed by atoms with Crippen LogP contribution < -0.4 is 4.90 Å². The summed E-state index contributed by atoms with van der Waals surface area (Å²) in [6, 6.07) is 8.97. The minimum atomic E-state index is -4.89. The molecule has 2 nitrogen and oxygen atoms in total. The molecule has 1 heterocycles. The second-order valence-electron chi connectivity index (χ2n) is 5.10. The first kappa shape index (κ1) is 15.9. The number of carbonyl (C=O) groups is 1. The number of hydrogen-bond donors (Lipinski definition) is 0. The standard InChI is InChI=1S/C15H10ClF3INO/c16-6-8-7-21(14(22)15(17,18)19)12-5-4-9-10(13(8)12)2-1-3-11(9)20/h1-5,8H,6-7H2. The smallest absolute Gasteiger partial charge is 0.304 e. The Labute approximate surface area is 143 Å². The molecule has 116 valence electrons. The van der Waals surface area contributed by atoms with E-state index in [2.05, 4.69) is 22.6 Å². The number of hydrogen-bond acceptors (Lipinski definition) is 1. The Bertz CT molecular complexity index is 762. The lowest BCUT2D eigenvalue weighted by molar-refractivity contribution is -0.170. The molecule has 7 heteroatoms. The molecule has 0 saturated carbocycles. The van der Waals surface area contributed by atoms with Gasteiger partial charge in [0.15, 0.2) is 0 Å². The molecular formula is C15H10ClF3INO. The Morgan fingerprint density at radius 1 is 1.27 bits per heavy atom. The van der Waals surface area contributed by atoms with Gasteiger partial charge in [-0.25, -0.2) is 0 Å². The molecular weight excluding hydrogens is 430 g/mol. The van der Waals surface area contributed by atoms with Crippen molar-refractivity contribution < 1.29 is 18.0 Å². The van der Waals surface area contributed by atoms with E-state index in [1.54, 1.807) is 12.1 Å². The van der Waals surface area contributed by atoms with Gasteiger partial charge in [-0.3, -0.25) is 4.79 Å². The Morgan fingerprint density at radius 2 is 2.00 bits per heavy atom. The van der Waals surface area contributed by atoms with Crippen molar-refractivity contribution in [2.24, 2.45) is 0 Å². The number of anilines is 1. The average Bonchev–Trinajstić information content (AvgIpc) is 2.84. The van der Waals surface area contributed by atoms with Crippen LogP contribution in [0.1, 0.15) is 11.5 Å². The van der Waals surface area contributed by atoms with Crippen molar-refractivity contribution in [3.63, 3.8) is 0 Å². The average molecular weight is 440 g/mol. The van der Waals surface area contributed by atoms with E-state index in [0.717, 1.165) is 24.8 Å². The third-order valence-electron chi connectivity index (χ3n) is 3.80. The van der Waals surface area contributed by atoms with E-state index < -0.39 is 12.1 Å². The minimum absolute atomic E-state index is 0.0399. The van der Waals surface area contributed by atoms with Crippen LogP contribution in [0.4, 0.5) is 18.9 Å². The molecule has 0 radical (unpaired) electrons. The van der Waals surface area contributed by atoms with Gasteiger partial charge in [-0.1, -0.05) is 18.2 Å². The summed E-state index contributed by atoms with van der Waals surface area (Å²) in [7, 11) is 0. The fraction of sp³-hybridized carbons (Fsp3) is 0.267. The molecule has 1 aliphatic heterocycles. The molecule has 0 aromatic heterocycles. The Morgan fingerprint density at radius 3 is 2.64 bits per heavy atom. The molecule has 1 unspecified atom stereocenters. The first-order valence-electron chi connectivity index (χ1n) is 6.50. The maximum atomic E-state index is 12.8. The molecule has 22 heavy (non-hydrogen) atoms. The van der Waals surface area contributed by atoms with Crippen molar-refractivity contribution in [1.29, 1.82) is 0 Å². The summed E-state index contributed by atoms with van der Waals surface area (Å²) < 4.78 is 39.3. The lowest BCUT2D eigenvalue weighted by Gasteiger charge is -2.19. The molecule has 3 rings (SSSR count). The fourth-order valence-electron chi connectivity index (χ4n) is 2.88. The Kier molecular flexibility index (Phi) is 4.01. The lowest BCUT2D eigenvalue weighted by Crippen LogP contribution is -2.40. The van der Waals surface area contributed by atoms with E-state index in [0.29, 0.717) is 5.69 Å². The molecule has 0 spiro atoms.